The molecule has 3 nitrogen and oxygen atoms in total. The van der Waals surface area contributed by atoms with Gasteiger partial charge in [0.2, 0.25) is 0 Å². The highest BCUT2D eigenvalue weighted by molar-refractivity contribution is 5.13. The molecule has 15 heavy (non-hydrogen) atoms. The van der Waals surface area contributed by atoms with Crippen LogP contribution in [0.25, 0.3) is 0 Å². The van der Waals surface area contributed by atoms with Gasteiger partial charge >= 0.3 is 0 Å². The van der Waals surface area contributed by atoms with Crippen molar-refractivity contribution < 1.29 is 14.6 Å². The molecule has 0 radical (unpaired) electrons. The molecule has 0 amide bonds. The van der Waals surface area contributed by atoms with Crippen molar-refractivity contribution in [3.63, 3.8) is 0 Å². The minimum absolute atomic E-state index is 0.142. The first-order valence-electron chi connectivity index (χ1n) is 5.02. The van der Waals surface area contributed by atoms with E-state index < -0.39 is 6.10 Å². The molecule has 1 aromatic heterocycles. The standard InChI is InChI=1S/C12H18O3/c1-4-7-12(2,3)11(14)10-6-5-9(8-13)15-10/h4-7,11,13-14H,8H2,1-3H3. The fourth-order valence-corrected chi connectivity index (χ4v) is 1.51. The third kappa shape index (κ3) is 2.70. The second-order valence-electron chi connectivity index (χ2n) is 4.19. The summed E-state index contributed by atoms with van der Waals surface area (Å²) in [5.74, 6) is 0.961. The molecule has 1 unspecified atom stereocenters. The summed E-state index contributed by atoms with van der Waals surface area (Å²) in [4.78, 5) is 0. The molecular weight excluding hydrogens is 192 g/mol. The third-order valence-corrected chi connectivity index (χ3v) is 2.41. The highest BCUT2D eigenvalue weighted by atomic mass is 16.4. The lowest BCUT2D eigenvalue weighted by molar-refractivity contribution is 0.0584. The molecule has 0 aliphatic rings. The summed E-state index contributed by atoms with van der Waals surface area (Å²) in [5.41, 5.74) is -0.376. The Balaban J connectivity index is 2.88. The fraction of sp³-hybridized carbons (Fsp3) is 0.500. The first-order valence-corrected chi connectivity index (χ1v) is 5.02. The van der Waals surface area contributed by atoms with Gasteiger partial charge in [0.05, 0.1) is 0 Å². The van der Waals surface area contributed by atoms with Crippen LogP contribution in [0.15, 0.2) is 28.7 Å². The zero-order valence-corrected chi connectivity index (χ0v) is 9.40. The summed E-state index contributed by atoms with van der Waals surface area (Å²) in [5, 5.41) is 18.9. The van der Waals surface area contributed by atoms with Crippen LogP contribution in [-0.4, -0.2) is 10.2 Å². The molecule has 0 aliphatic carbocycles. The van der Waals surface area contributed by atoms with Crippen LogP contribution in [0.1, 0.15) is 38.4 Å². The molecular formula is C12H18O3. The summed E-state index contributed by atoms with van der Waals surface area (Å²) < 4.78 is 5.29. The van der Waals surface area contributed by atoms with Crippen molar-refractivity contribution in [2.24, 2.45) is 5.41 Å². The molecule has 0 saturated carbocycles. The number of allylic oxidation sites excluding steroid dienone is 1. The molecule has 3 heteroatoms. The quantitative estimate of drug-likeness (QED) is 0.750. The predicted molar refractivity (Wildman–Crippen MR) is 58.2 cm³/mol. The van der Waals surface area contributed by atoms with E-state index in [2.05, 4.69) is 0 Å². The van der Waals surface area contributed by atoms with Gasteiger partial charge in [0, 0.05) is 5.41 Å². The Morgan fingerprint density at radius 2 is 2.13 bits per heavy atom. The van der Waals surface area contributed by atoms with Crippen LogP contribution < -0.4 is 0 Å². The zero-order valence-electron chi connectivity index (χ0n) is 9.40. The maximum Gasteiger partial charge on any atom is 0.133 e. The van der Waals surface area contributed by atoms with E-state index in [-0.39, 0.29) is 12.0 Å². The topological polar surface area (TPSA) is 53.6 Å². The van der Waals surface area contributed by atoms with E-state index in [0.717, 1.165) is 0 Å². The van der Waals surface area contributed by atoms with Gasteiger partial charge < -0.3 is 14.6 Å². The number of furan rings is 1. The molecule has 0 spiro atoms. The maximum absolute atomic E-state index is 10.1. The molecule has 1 heterocycles. The molecule has 1 aromatic rings. The van der Waals surface area contributed by atoms with Crippen LogP contribution in [0.5, 0.6) is 0 Å². The number of aliphatic hydroxyl groups is 2. The Morgan fingerprint density at radius 1 is 1.47 bits per heavy atom. The first kappa shape index (κ1) is 12.0. The molecule has 1 rings (SSSR count). The Labute approximate surface area is 90.0 Å². The molecule has 84 valence electrons. The molecule has 1 atom stereocenters. The molecule has 2 N–H and O–H groups in total. The van der Waals surface area contributed by atoms with Crippen LogP contribution in [0.3, 0.4) is 0 Å². The van der Waals surface area contributed by atoms with Gasteiger partial charge in [0.25, 0.3) is 0 Å². The number of aliphatic hydroxyl groups excluding tert-OH is 2. The van der Waals surface area contributed by atoms with Crippen molar-refractivity contribution in [2.75, 3.05) is 0 Å². The lowest BCUT2D eigenvalue weighted by Crippen LogP contribution is -2.18. The predicted octanol–water partition coefficient (Wildman–Crippen LogP) is 2.41. The van der Waals surface area contributed by atoms with E-state index in [1.54, 1.807) is 12.1 Å². The molecule has 0 fully saturated rings. The molecule has 0 aliphatic heterocycles. The Kier molecular flexibility index (Phi) is 3.72. The highest BCUT2D eigenvalue weighted by Crippen LogP contribution is 2.35. The van der Waals surface area contributed by atoms with Crippen molar-refractivity contribution in [3.8, 4) is 0 Å². The monoisotopic (exact) mass is 210 g/mol. The SMILES string of the molecule is CC=CC(C)(C)C(O)c1ccc(CO)o1. The Bertz CT molecular complexity index is 336. The highest BCUT2D eigenvalue weighted by Gasteiger charge is 2.28. The molecule has 0 saturated heterocycles. The van der Waals surface area contributed by atoms with Gasteiger partial charge in [-0.15, -0.1) is 0 Å². The van der Waals surface area contributed by atoms with Gasteiger partial charge in [0.1, 0.15) is 24.2 Å². The van der Waals surface area contributed by atoms with Crippen molar-refractivity contribution in [3.05, 3.63) is 35.8 Å². The number of hydrogen-bond donors (Lipinski definition) is 2. The van der Waals surface area contributed by atoms with E-state index in [1.165, 1.54) is 0 Å². The lowest BCUT2D eigenvalue weighted by atomic mass is 9.85. The Morgan fingerprint density at radius 3 is 2.60 bits per heavy atom. The van der Waals surface area contributed by atoms with Gasteiger partial charge in [0.15, 0.2) is 0 Å². The average Bonchev–Trinajstić information content (AvgIpc) is 2.64. The summed E-state index contributed by atoms with van der Waals surface area (Å²) in [6.45, 7) is 5.63. The van der Waals surface area contributed by atoms with E-state index in [4.69, 9.17) is 9.52 Å². The minimum atomic E-state index is -0.700. The number of rotatable bonds is 4. The van der Waals surface area contributed by atoms with E-state index in [9.17, 15) is 5.11 Å². The summed E-state index contributed by atoms with van der Waals surface area (Å²) in [6, 6.07) is 3.37. The van der Waals surface area contributed by atoms with Crippen LogP contribution in [-0.2, 0) is 6.61 Å². The third-order valence-electron chi connectivity index (χ3n) is 2.41. The van der Waals surface area contributed by atoms with E-state index in [1.807, 2.05) is 32.9 Å². The minimum Gasteiger partial charge on any atom is -0.461 e. The summed E-state index contributed by atoms with van der Waals surface area (Å²) >= 11 is 0. The van der Waals surface area contributed by atoms with Crippen molar-refractivity contribution in [2.45, 2.75) is 33.5 Å². The Hall–Kier alpha value is -1.06. The van der Waals surface area contributed by atoms with Crippen LogP contribution >= 0.6 is 0 Å². The van der Waals surface area contributed by atoms with Crippen LogP contribution in [0, 0.1) is 5.41 Å². The zero-order chi connectivity index (χ0) is 11.5. The van der Waals surface area contributed by atoms with Gasteiger partial charge in [-0.25, -0.2) is 0 Å². The lowest BCUT2D eigenvalue weighted by Gasteiger charge is -2.25. The van der Waals surface area contributed by atoms with Crippen molar-refractivity contribution in [1.82, 2.24) is 0 Å². The smallest absolute Gasteiger partial charge is 0.133 e. The molecule has 0 aromatic carbocycles. The van der Waals surface area contributed by atoms with Crippen LogP contribution in [0.4, 0.5) is 0 Å². The average molecular weight is 210 g/mol. The fourth-order valence-electron chi connectivity index (χ4n) is 1.51. The van der Waals surface area contributed by atoms with Gasteiger partial charge in [-0.3, -0.25) is 0 Å². The number of hydrogen-bond acceptors (Lipinski definition) is 3. The van der Waals surface area contributed by atoms with Gasteiger partial charge in [-0.2, -0.15) is 0 Å². The largest absolute Gasteiger partial charge is 0.461 e. The first-order chi connectivity index (χ1) is 7.01. The van der Waals surface area contributed by atoms with E-state index in [0.29, 0.717) is 11.5 Å². The van der Waals surface area contributed by atoms with Gasteiger partial charge in [-0.05, 0) is 19.1 Å². The second kappa shape index (κ2) is 4.64. The maximum atomic E-state index is 10.1. The van der Waals surface area contributed by atoms with Crippen molar-refractivity contribution in [1.29, 1.82) is 0 Å². The summed E-state index contributed by atoms with van der Waals surface area (Å²) in [6.07, 6.45) is 3.13. The second-order valence-corrected chi connectivity index (χ2v) is 4.19. The van der Waals surface area contributed by atoms with Gasteiger partial charge in [-0.1, -0.05) is 26.0 Å². The van der Waals surface area contributed by atoms with Crippen LogP contribution in [0.2, 0.25) is 0 Å². The van der Waals surface area contributed by atoms with Crippen molar-refractivity contribution >= 4 is 0 Å². The molecule has 0 bridgehead atoms. The summed E-state index contributed by atoms with van der Waals surface area (Å²) in [7, 11) is 0. The van der Waals surface area contributed by atoms with E-state index >= 15 is 0 Å². The normalized spacial score (nSPS) is 14.7.